The van der Waals surface area contributed by atoms with E-state index in [0.717, 1.165) is 23.1 Å². The Morgan fingerprint density at radius 2 is 1.86 bits per heavy atom. The number of anilines is 2. The molecule has 1 saturated carbocycles. The van der Waals surface area contributed by atoms with Crippen molar-refractivity contribution < 1.29 is 8.42 Å². The molecule has 1 aliphatic rings. The second kappa shape index (κ2) is 7.29. The highest BCUT2D eigenvalue weighted by atomic mass is 35.5. The topological polar surface area (TPSA) is 124 Å². The van der Waals surface area contributed by atoms with Crippen molar-refractivity contribution in [1.82, 2.24) is 9.97 Å². The summed E-state index contributed by atoms with van der Waals surface area (Å²) in [5.74, 6) is 1.08. The van der Waals surface area contributed by atoms with Gasteiger partial charge in [-0.1, -0.05) is 35.9 Å². The summed E-state index contributed by atoms with van der Waals surface area (Å²) in [5, 5.41) is 9.20. The summed E-state index contributed by atoms with van der Waals surface area (Å²) in [6.07, 6.45) is 0.907. The zero-order valence-electron chi connectivity index (χ0n) is 15.6. The number of nitrogen functional groups attached to an aromatic ring is 1. The van der Waals surface area contributed by atoms with Gasteiger partial charge in [-0.05, 0) is 42.7 Å². The zero-order chi connectivity index (χ0) is 20.8. The van der Waals surface area contributed by atoms with Gasteiger partial charge in [-0.2, -0.15) is 4.98 Å². The second-order valence-electron chi connectivity index (χ2n) is 7.12. The fraction of sp³-hybridized carbons (Fsp3) is 0.200. The normalized spacial score (nSPS) is 18.4. The molecular weight excluding hydrogens is 410 g/mol. The first-order valence-corrected chi connectivity index (χ1v) is 10.9. The molecule has 0 spiro atoms. The molecule has 0 radical (unpaired) electrons. The molecule has 5 N–H and O–H groups in total. The highest BCUT2D eigenvalue weighted by Gasteiger charge is 2.38. The van der Waals surface area contributed by atoms with Crippen LogP contribution in [0.25, 0.3) is 11.3 Å². The summed E-state index contributed by atoms with van der Waals surface area (Å²) in [5.41, 5.74) is 9.50. The highest BCUT2D eigenvalue weighted by molar-refractivity contribution is 7.89. The van der Waals surface area contributed by atoms with E-state index < -0.39 is 10.0 Å². The van der Waals surface area contributed by atoms with Crippen LogP contribution in [0, 0.1) is 6.92 Å². The van der Waals surface area contributed by atoms with Crippen LogP contribution >= 0.6 is 11.6 Å². The number of nitrogens with zero attached hydrogens (tertiary/aromatic N) is 2. The van der Waals surface area contributed by atoms with E-state index in [4.69, 9.17) is 22.5 Å². The molecule has 150 valence electrons. The molecule has 1 heterocycles. The van der Waals surface area contributed by atoms with Crippen LogP contribution in [0.3, 0.4) is 0 Å². The quantitative estimate of drug-likeness (QED) is 0.571. The maximum absolute atomic E-state index is 11.4. The summed E-state index contributed by atoms with van der Waals surface area (Å²) in [6.45, 7) is 1.94. The van der Waals surface area contributed by atoms with Crippen molar-refractivity contribution in [1.29, 1.82) is 0 Å². The Balaban J connectivity index is 1.53. The Labute approximate surface area is 174 Å². The molecule has 9 heteroatoms. The Bertz CT molecular complexity index is 1180. The largest absolute Gasteiger partial charge is 0.368 e. The van der Waals surface area contributed by atoms with Gasteiger partial charge in [0.15, 0.2) is 0 Å². The van der Waals surface area contributed by atoms with Gasteiger partial charge in [0.2, 0.25) is 16.0 Å². The van der Waals surface area contributed by atoms with E-state index in [1.54, 1.807) is 12.1 Å². The van der Waals surface area contributed by atoms with Gasteiger partial charge in [0, 0.05) is 28.6 Å². The minimum atomic E-state index is -3.69. The van der Waals surface area contributed by atoms with Gasteiger partial charge in [-0.15, -0.1) is 0 Å². The lowest BCUT2D eigenvalue weighted by atomic mass is 10.1. The molecule has 0 amide bonds. The van der Waals surface area contributed by atoms with Crippen molar-refractivity contribution in [2.45, 2.75) is 30.2 Å². The predicted octanol–water partition coefficient (Wildman–Crippen LogP) is 3.30. The van der Waals surface area contributed by atoms with Crippen LogP contribution in [-0.4, -0.2) is 24.4 Å². The van der Waals surface area contributed by atoms with E-state index >= 15 is 0 Å². The average Bonchev–Trinajstić information content (AvgIpc) is 3.42. The number of sulfonamides is 1. The van der Waals surface area contributed by atoms with E-state index in [-0.39, 0.29) is 22.8 Å². The molecule has 29 heavy (non-hydrogen) atoms. The number of hydrogen-bond acceptors (Lipinski definition) is 6. The third kappa shape index (κ3) is 4.19. The summed E-state index contributed by atoms with van der Waals surface area (Å²) in [6, 6.07) is 14.3. The first kappa shape index (κ1) is 19.6. The van der Waals surface area contributed by atoms with Crippen molar-refractivity contribution in [3.8, 4) is 11.3 Å². The minimum Gasteiger partial charge on any atom is -0.368 e. The van der Waals surface area contributed by atoms with Gasteiger partial charge in [0.05, 0.1) is 10.6 Å². The molecule has 0 aliphatic heterocycles. The van der Waals surface area contributed by atoms with Crippen LogP contribution < -0.4 is 16.2 Å². The molecule has 0 saturated heterocycles. The monoisotopic (exact) mass is 429 g/mol. The molecule has 1 aliphatic carbocycles. The standard InChI is InChI=1S/C20H20ClN5O2S/c1-11-14(3-2-4-16(11)21)18-10-19(26-20(22)25-18)24-17-9-15(17)12-5-7-13(8-6-12)29(23,27)28/h2-8,10,15,17H,9H2,1H3,(H2,23,27,28)(H3,22,24,25,26)/t15-,17-/m1/s1. The van der Waals surface area contributed by atoms with E-state index in [9.17, 15) is 8.42 Å². The van der Waals surface area contributed by atoms with Gasteiger partial charge < -0.3 is 11.1 Å². The smallest absolute Gasteiger partial charge is 0.238 e. The summed E-state index contributed by atoms with van der Waals surface area (Å²) < 4.78 is 22.8. The number of halogens is 1. The van der Waals surface area contributed by atoms with Gasteiger partial charge in [0.25, 0.3) is 0 Å². The molecule has 1 fully saturated rings. The number of primary sulfonamides is 1. The number of rotatable bonds is 5. The van der Waals surface area contributed by atoms with Crippen LogP contribution in [-0.2, 0) is 10.0 Å². The molecule has 7 nitrogen and oxygen atoms in total. The SMILES string of the molecule is Cc1c(Cl)cccc1-c1cc(N[C@@H]2C[C@@H]2c2ccc(S(N)(=O)=O)cc2)nc(N)n1. The van der Waals surface area contributed by atoms with Crippen LogP contribution in [0.15, 0.2) is 53.4 Å². The third-order valence-electron chi connectivity index (χ3n) is 5.05. The van der Waals surface area contributed by atoms with Crippen LogP contribution in [0.1, 0.15) is 23.5 Å². The van der Waals surface area contributed by atoms with E-state index in [0.29, 0.717) is 16.5 Å². The van der Waals surface area contributed by atoms with Crippen molar-refractivity contribution >= 4 is 33.4 Å². The number of hydrogen-bond donors (Lipinski definition) is 3. The summed E-state index contributed by atoms with van der Waals surface area (Å²) in [4.78, 5) is 8.74. The number of nitrogens with one attached hydrogen (secondary N) is 1. The zero-order valence-corrected chi connectivity index (χ0v) is 17.2. The molecule has 0 unspecified atom stereocenters. The second-order valence-corrected chi connectivity index (χ2v) is 9.08. The summed E-state index contributed by atoms with van der Waals surface area (Å²) >= 11 is 6.23. The van der Waals surface area contributed by atoms with Crippen molar-refractivity contribution in [3.05, 3.63) is 64.7 Å². The maximum Gasteiger partial charge on any atom is 0.238 e. The fourth-order valence-corrected chi connectivity index (χ4v) is 4.07. The highest BCUT2D eigenvalue weighted by Crippen LogP contribution is 2.43. The molecule has 1 aromatic heterocycles. The minimum absolute atomic E-state index is 0.108. The molecule has 4 rings (SSSR count). The number of benzene rings is 2. The lowest BCUT2D eigenvalue weighted by Crippen LogP contribution is -2.12. The Morgan fingerprint density at radius 3 is 2.55 bits per heavy atom. The number of nitrogens with two attached hydrogens (primary N) is 2. The van der Waals surface area contributed by atoms with Crippen LogP contribution in [0.2, 0.25) is 5.02 Å². The third-order valence-corrected chi connectivity index (χ3v) is 6.39. The first-order chi connectivity index (χ1) is 13.7. The van der Waals surface area contributed by atoms with Crippen molar-refractivity contribution in [3.63, 3.8) is 0 Å². The number of aromatic nitrogens is 2. The van der Waals surface area contributed by atoms with Crippen LogP contribution in [0.4, 0.5) is 11.8 Å². The predicted molar refractivity (Wildman–Crippen MR) is 114 cm³/mol. The Hall–Kier alpha value is -2.68. The van der Waals surface area contributed by atoms with Crippen molar-refractivity contribution in [2.24, 2.45) is 5.14 Å². The Morgan fingerprint density at radius 1 is 1.14 bits per heavy atom. The molecule has 0 bridgehead atoms. The van der Waals surface area contributed by atoms with E-state index in [1.165, 1.54) is 12.1 Å². The maximum atomic E-state index is 11.4. The van der Waals surface area contributed by atoms with E-state index in [1.807, 2.05) is 31.2 Å². The lowest BCUT2D eigenvalue weighted by Gasteiger charge is -2.11. The van der Waals surface area contributed by atoms with Gasteiger partial charge in [0.1, 0.15) is 5.82 Å². The van der Waals surface area contributed by atoms with Crippen LogP contribution in [0.5, 0.6) is 0 Å². The summed E-state index contributed by atoms with van der Waals surface area (Å²) in [7, 11) is -3.69. The van der Waals surface area contributed by atoms with Gasteiger partial charge in [-0.3, -0.25) is 0 Å². The Kier molecular flexibility index (Phi) is 4.94. The molecule has 3 aromatic rings. The fourth-order valence-electron chi connectivity index (χ4n) is 3.38. The average molecular weight is 430 g/mol. The lowest BCUT2D eigenvalue weighted by molar-refractivity contribution is 0.598. The molecule has 2 atom stereocenters. The molecule has 2 aromatic carbocycles. The van der Waals surface area contributed by atoms with Gasteiger partial charge in [-0.25, -0.2) is 18.5 Å². The van der Waals surface area contributed by atoms with Crippen molar-refractivity contribution in [2.75, 3.05) is 11.1 Å². The first-order valence-electron chi connectivity index (χ1n) is 9.02. The molecular formula is C20H20ClN5O2S. The van der Waals surface area contributed by atoms with E-state index in [2.05, 4.69) is 15.3 Å². The van der Waals surface area contributed by atoms with Gasteiger partial charge >= 0.3 is 0 Å².